The molecule has 0 saturated carbocycles. The Morgan fingerprint density at radius 3 is 2.43 bits per heavy atom. The highest BCUT2D eigenvalue weighted by molar-refractivity contribution is 7.83. The Hall–Kier alpha value is -2.86. The second-order valence-corrected chi connectivity index (χ2v) is 10.5. The zero-order valence-corrected chi connectivity index (χ0v) is 22.5. The topological polar surface area (TPSA) is 112 Å². The van der Waals surface area contributed by atoms with Gasteiger partial charge >= 0.3 is 10.3 Å². The molecular weight excluding hydrogens is 496 g/mol. The van der Waals surface area contributed by atoms with E-state index in [2.05, 4.69) is 27.5 Å². The van der Waals surface area contributed by atoms with Gasteiger partial charge in [0.2, 0.25) is 0 Å². The van der Waals surface area contributed by atoms with Crippen molar-refractivity contribution in [2.24, 2.45) is 0 Å². The Labute approximate surface area is 219 Å². The molecule has 37 heavy (non-hydrogen) atoms. The molecule has 2 aliphatic rings. The molecule has 1 fully saturated rings. The highest BCUT2D eigenvalue weighted by atomic mass is 32.2. The van der Waals surface area contributed by atoms with E-state index in [1.807, 2.05) is 35.2 Å². The van der Waals surface area contributed by atoms with Gasteiger partial charge in [0.15, 0.2) is 11.5 Å². The standard InChI is InChI=1S/C26H36N4O6S/c1-4-28-13-15-29(16-14-28)23-8-5-7-20-21(23)18-30(26(20)31)22(9-6-12-27-37(32,33)34)19-10-11-24(35-2)25(17-19)36-3/h5,7-8,10-11,17,22,27H,4,6,9,12-16,18H2,1-3H3,(H,32,33,34)/t22-/m1/s1. The van der Waals surface area contributed by atoms with Crippen molar-refractivity contribution in [2.45, 2.75) is 32.4 Å². The first-order valence-corrected chi connectivity index (χ1v) is 14.0. The van der Waals surface area contributed by atoms with E-state index >= 15 is 0 Å². The molecule has 202 valence electrons. The van der Waals surface area contributed by atoms with Crippen molar-refractivity contribution in [2.75, 3.05) is 58.4 Å². The maximum Gasteiger partial charge on any atom is 0.333 e. The molecular formula is C26H36N4O6S. The quantitative estimate of drug-likeness (QED) is 0.336. The van der Waals surface area contributed by atoms with E-state index in [1.54, 1.807) is 14.2 Å². The predicted octanol–water partition coefficient (Wildman–Crippen LogP) is 2.72. The van der Waals surface area contributed by atoms with E-state index in [0.717, 1.165) is 49.5 Å². The Morgan fingerprint density at radius 2 is 1.78 bits per heavy atom. The summed E-state index contributed by atoms with van der Waals surface area (Å²) < 4.78 is 44.3. The van der Waals surface area contributed by atoms with Crippen LogP contribution in [0.4, 0.5) is 5.69 Å². The lowest BCUT2D eigenvalue weighted by Crippen LogP contribution is -2.46. The fraction of sp³-hybridized carbons (Fsp3) is 0.500. The average Bonchev–Trinajstić information content (AvgIpc) is 3.24. The van der Waals surface area contributed by atoms with Crippen LogP contribution in [0, 0.1) is 0 Å². The summed E-state index contributed by atoms with van der Waals surface area (Å²) in [5.74, 6) is 1.09. The number of nitrogens with one attached hydrogen (secondary N) is 1. The molecule has 1 saturated heterocycles. The van der Waals surface area contributed by atoms with Crippen LogP contribution in [-0.4, -0.2) is 82.2 Å². The van der Waals surface area contributed by atoms with Gasteiger partial charge in [-0.3, -0.25) is 9.35 Å². The van der Waals surface area contributed by atoms with Gasteiger partial charge in [0.25, 0.3) is 5.91 Å². The molecule has 10 nitrogen and oxygen atoms in total. The van der Waals surface area contributed by atoms with Gasteiger partial charge in [-0.1, -0.05) is 19.1 Å². The minimum Gasteiger partial charge on any atom is -0.493 e. The molecule has 0 unspecified atom stereocenters. The molecule has 0 bridgehead atoms. The number of fused-ring (bicyclic) bond motifs is 1. The number of ether oxygens (including phenoxy) is 2. The van der Waals surface area contributed by atoms with Crippen LogP contribution in [0.3, 0.4) is 0 Å². The van der Waals surface area contributed by atoms with Crippen molar-refractivity contribution in [1.29, 1.82) is 0 Å². The van der Waals surface area contributed by atoms with Crippen LogP contribution in [0.5, 0.6) is 11.5 Å². The van der Waals surface area contributed by atoms with Crippen molar-refractivity contribution < 1.29 is 27.2 Å². The van der Waals surface area contributed by atoms with Crippen molar-refractivity contribution in [3.8, 4) is 11.5 Å². The first-order valence-electron chi connectivity index (χ1n) is 12.6. The van der Waals surface area contributed by atoms with Gasteiger partial charge in [-0.05, 0) is 49.2 Å². The van der Waals surface area contributed by atoms with Crippen molar-refractivity contribution in [3.63, 3.8) is 0 Å². The van der Waals surface area contributed by atoms with Crippen LogP contribution in [0.15, 0.2) is 36.4 Å². The van der Waals surface area contributed by atoms with Gasteiger partial charge in [0.1, 0.15) is 0 Å². The SMILES string of the molecule is CCN1CCN(c2cccc3c2CN([C@H](CCCNS(=O)(=O)O)c2ccc(OC)c(OC)c2)C3=O)CC1. The van der Waals surface area contributed by atoms with Crippen LogP contribution in [0.2, 0.25) is 0 Å². The van der Waals surface area contributed by atoms with Crippen LogP contribution in [0.25, 0.3) is 0 Å². The zero-order valence-electron chi connectivity index (χ0n) is 21.6. The molecule has 0 aliphatic carbocycles. The number of carbonyl (C=O) groups is 1. The molecule has 2 aliphatic heterocycles. The Morgan fingerprint density at radius 1 is 1.05 bits per heavy atom. The molecule has 2 aromatic rings. The fourth-order valence-corrected chi connectivity index (χ4v) is 5.65. The second kappa shape index (κ2) is 11.7. The smallest absolute Gasteiger partial charge is 0.333 e. The largest absolute Gasteiger partial charge is 0.493 e. The summed E-state index contributed by atoms with van der Waals surface area (Å²) in [6, 6.07) is 11.2. The van der Waals surface area contributed by atoms with Crippen molar-refractivity contribution in [3.05, 3.63) is 53.1 Å². The summed E-state index contributed by atoms with van der Waals surface area (Å²) >= 11 is 0. The molecule has 2 aromatic carbocycles. The van der Waals surface area contributed by atoms with Crippen LogP contribution in [-0.2, 0) is 16.8 Å². The van der Waals surface area contributed by atoms with Crippen molar-refractivity contribution in [1.82, 2.24) is 14.5 Å². The number of rotatable bonds is 11. The molecule has 1 amide bonds. The summed E-state index contributed by atoms with van der Waals surface area (Å²) in [7, 11) is -1.15. The maximum absolute atomic E-state index is 13.7. The number of benzene rings is 2. The van der Waals surface area contributed by atoms with Gasteiger partial charge in [-0.15, -0.1) is 0 Å². The fourth-order valence-electron chi connectivity index (χ4n) is 5.25. The van der Waals surface area contributed by atoms with Crippen LogP contribution < -0.4 is 19.1 Å². The number of likely N-dealkylation sites (N-methyl/N-ethyl adjacent to an activating group) is 1. The van der Waals surface area contributed by atoms with E-state index in [-0.39, 0.29) is 18.5 Å². The summed E-state index contributed by atoms with van der Waals surface area (Å²) in [5, 5.41) is 0. The van der Waals surface area contributed by atoms with Gasteiger partial charge in [0, 0.05) is 56.1 Å². The molecule has 2 N–H and O–H groups in total. The summed E-state index contributed by atoms with van der Waals surface area (Å²) in [4.78, 5) is 20.3. The van der Waals surface area contributed by atoms with E-state index in [4.69, 9.17) is 14.0 Å². The van der Waals surface area contributed by atoms with Gasteiger partial charge in [0.05, 0.1) is 20.3 Å². The minimum absolute atomic E-state index is 0.0495. The number of amides is 1. The molecule has 2 heterocycles. The van der Waals surface area contributed by atoms with E-state index < -0.39 is 10.3 Å². The minimum atomic E-state index is -4.28. The average molecular weight is 533 g/mol. The van der Waals surface area contributed by atoms with Crippen molar-refractivity contribution >= 4 is 21.9 Å². The first kappa shape index (κ1) is 27.2. The lowest BCUT2D eigenvalue weighted by molar-refractivity contribution is 0.0689. The molecule has 0 spiro atoms. The Bertz CT molecular complexity index is 1210. The van der Waals surface area contributed by atoms with Crippen LogP contribution >= 0.6 is 0 Å². The monoisotopic (exact) mass is 532 g/mol. The lowest BCUT2D eigenvalue weighted by Gasteiger charge is -2.36. The van der Waals surface area contributed by atoms with Gasteiger partial charge in [-0.2, -0.15) is 13.1 Å². The third-order valence-electron chi connectivity index (χ3n) is 7.24. The van der Waals surface area contributed by atoms with Crippen LogP contribution in [0.1, 0.15) is 47.3 Å². The number of methoxy groups -OCH3 is 2. The first-order chi connectivity index (χ1) is 17.8. The van der Waals surface area contributed by atoms with Gasteiger partial charge in [-0.25, -0.2) is 0 Å². The highest BCUT2D eigenvalue weighted by Crippen LogP contribution is 2.40. The van der Waals surface area contributed by atoms with E-state index in [0.29, 0.717) is 36.4 Å². The van der Waals surface area contributed by atoms with E-state index in [9.17, 15) is 13.2 Å². The number of piperazine rings is 1. The Kier molecular flexibility index (Phi) is 8.58. The van der Waals surface area contributed by atoms with Gasteiger partial charge < -0.3 is 24.2 Å². The normalized spacial score (nSPS) is 17.1. The summed E-state index contributed by atoms with van der Waals surface area (Å²) in [5.41, 5.74) is 3.70. The maximum atomic E-state index is 13.7. The zero-order chi connectivity index (χ0) is 26.6. The summed E-state index contributed by atoms with van der Waals surface area (Å²) in [6.45, 7) is 7.55. The number of nitrogens with zero attached hydrogens (tertiary/aromatic N) is 3. The predicted molar refractivity (Wildman–Crippen MR) is 142 cm³/mol. The molecule has 4 rings (SSSR count). The number of hydrogen-bond acceptors (Lipinski definition) is 7. The number of hydrogen-bond donors (Lipinski definition) is 2. The highest BCUT2D eigenvalue weighted by Gasteiger charge is 2.36. The number of carbonyl (C=O) groups excluding carboxylic acids is 1. The third kappa shape index (κ3) is 6.18. The second-order valence-electron chi connectivity index (χ2n) is 9.30. The molecule has 0 aromatic heterocycles. The number of anilines is 1. The third-order valence-corrected chi connectivity index (χ3v) is 7.81. The summed E-state index contributed by atoms with van der Waals surface area (Å²) in [6.07, 6.45) is 0.910. The van der Waals surface area contributed by atoms with E-state index in [1.165, 1.54) is 0 Å². The molecule has 11 heteroatoms. The molecule has 0 radical (unpaired) electrons. The molecule has 1 atom stereocenters. The lowest BCUT2D eigenvalue weighted by atomic mass is 9.99. The Balaban J connectivity index is 1.62.